The zero-order valence-electron chi connectivity index (χ0n) is 16.9. The van der Waals surface area contributed by atoms with Gasteiger partial charge in [0.1, 0.15) is 18.2 Å². The predicted molar refractivity (Wildman–Crippen MR) is 124 cm³/mol. The van der Waals surface area contributed by atoms with E-state index in [4.69, 9.17) is 4.74 Å². The molecule has 0 saturated heterocycles. The summed E-state index contributed by atoms with van der Waals surface area (Å²) in [6, 6.07) is 27.5. The average molecular weight is 422 g/mol. The monoisotopic (exact) mass is 421 g/mol. The summed E-state index contributed by atoms with van der Waals surface area (Å²) in [6.07, 6.45) is 0. The first-order valence-corrected chi connectivity index (χ1v) is 9.83. The van der Waals surface area contributed by atoms with E-state index in [0.717, 1.165) is 22.4 Å². The van der Waals surface area contributed by atoms with Crippen LogP contribution in [0.1, 0.15) is 22.3 Å². The first-order valence-electron chi connectivity index (χ1n) is 9.83. The third-order valence-corrected chi connectivity index (χ3v) is 5.06. The molecule has 0 fully saturated rings. The van der Waals surface area contributed by atoms with Crippen LogP contribution in [0.4, 0.5) is 4.39 Å². The van der Waals surface area contributed by atoms with Gasteiger partial charge in [0.05, 0.1) is 0 Å². The molecule has 0 saturated carbocycles. The highest BCUT2D eigenvalue weighted by Gasteiger charge is 2.09. The van der Waals surface area contributed by atoms with Crippen molar-refractivity contribution in [1.29, 1.82) is 0 Å². The van der Waals surface area contributed by atoms with E-state index in [0.29, 0.717) is 19.7 Å². The van der Waals surface area contributed by atoms with Gasteiger partial charge in [-0.15, -0.1) is 12.4 Å². The van der Waals surface area contributed by atoms with Crippen LogP contribution in [0.5, 0.6) is 5.75 Å². The van der Waals surface area contributed by atoms with Gasteiger partial charge in [0.2, 0.25) is 0 Å². The van der Waals surface area contributed by atoms with Crippen LogP contribution in [0.3, 0.4) is 0 Å². The minimum Gasteiger partial charge on any atom is -0.489 e. The fraction of sp³-hybridized carbons (Fsp3) is 0.154. The van der Waals surface area contributed by atoms with Crippen molar-refractivity contribution in [2.75, 3.05) is 0 Å². The average Bonchev–Trinajstić information content (AvgIpc) is 2.75. The van der Waals surface area contributed by atoms with E-state index in [2.05, 4.69) is 60.8 Å². The first-order chi connectivity index (χ1) is 14.2. The molecule has 0 radical (unpaired) electrons. The Kier molecular flexibility index (Phi) is 7.45. The maximum absolute atomic E-state index is 13.1. The van der Waals surface area contributed by atoms with Crippen LogP contribution in [-0.4, -0.2) is 0 Å². The van der Waals surface area contributed by atoms with Gasteiger partial charge < -0.3 is 10.1 Å². The summed E-state index contributed by atoms with van der Waals surface area (Å²) in [5.41, 5.74) is 4.57. The van der Waals surface area contributed by atoms with Crippen LogP contribution < -0.4 is 10.1 Å². The van der Waals surface area contributed by atoms with Gasteiger partial charge in [-0.1, -0.05) is 72.3 Å². The second-order valence-electron chi connectivity index (χ2n) is 7.27. The molecule has 4 aromatic rings. The third kappa shape index (κ3) is 5.38. The Morgan fingerprint density at radius 3 is 2.23 bits per heavy atom. The van der Waals surface area contributed by atoms with Gasteiger partial charge in [-0.3, -0.25) is 0 Å². The molecule has 30 heavy (non-hydrogen) atoms. The summed E-state index contributed by atoms with van der Waals surface area (Å²) in [7, 11) is 0. The molecule has 0 heterocycles. The van der Waals surface area contributed by atoms with Crippen LogP contribution in [0.2, 0.25) is 0 Å². The third-order valence-electron chi connectivity index (χ3n) is 5.06. The Balaban J connectivity index is 0.00000256. The molecule has 154 valence electrons. The summed E-state index contributed by atoms with van der Waals surface area (Å²) in [5.74, 6) is 0.672. The quantitative estimate of drug-likeness (QED) is 0.364. The minimum atomic E-state index is -0.213. The zero-order chi connectivity index (χ0) is 20.1. The van der Waals surface area contributed by atoms with Crippen molar-refractivity contribution in [2.24, 2.45) is 0 Å². The Bertz CT molecular complexity index is 1090. The molecule has 0 unspecified atom stereocenters. The molecule has 0 aliphatic heterocycles. The highest BCUT2D eigenvalue weighted by Crippen LogP contribution is 2.29. The molecule has 0 bridgehead atoms. The van der Waals surface area contributed by atoms with E-state index in [-0.39, 0.29) is 18.2 Å². The lowest BCUT2D eigenvalue weighted by molar-refractivity contribution is 0.302. The lowest BCUT2D eigenvalue weighted by Gasteiger charge is -2.15. The molecule has 4 heteroatoms. The van der Waals surface area contributed by atoms with E-state index in [1.807, 2.05) is 12.1 Å². The number of hydrogen-bond acceptors (Lipinski definition) is 2. The maximum Gasteiger partial charge on any atom is 0.124 e. The molecular weight excluding hydrogens is 397 g/mol. The lowest BCUT2D eigenvalue weighted by atomic mass is 10.0. The molecule has 0 aliphatic rings. The summed E-state index contributed by atoms with van der Waals surface area (Å²) >= 11 is 0. The first kappa shape index (κ1) is 21.8. The van der Waals surface area contributed by atoms with E-state index in [1.54, 1.807) is 12.1 Å². The molecule has 0 spiro atoms. The van der Waals surface area contributed by atoms with Crippen LogP contribution in [0, 0.1) is 12.7 Å². The van der Waals surface area contributed by atoms with Gasteiger partial charge in [-0.25, -0.2) is 4.39 Å². The number of benzene rings is 4. The van der Waals surface area contributed by atoms with Gasteiger partial charge >= 0.3 is 0 Å². The van der Waals surface area contributed by atoms with Crippen molar-refractivity contribution in [3.8, 4) is 5.75 Å². The zero-order valence-corrected chi connectivity index (χ0v) is 17.7. The summed E-state index contributed by atoms with van der Waals surface area (Å²) in [5, 5.41) is 5.84. The lowest BCUT2D eigenvalue weighted by Crippen LogP contribution is -2.14. The van der Waals surface area contributed by atoms with Gasteiger partial charge in [0, 0.05) is 18.7 Å². The number of fused-ring (bicyclic) bond motifs is 1. The number of rotatable bonds is 7. The smallest absolute Gasteiger partial charge is 0.124 e. The van der Waals surface area contributed by atoms with E-state index >= 15 is 0 Å². The van der Waals surface area contributed by atoms with Crippen molar-refractivity contribution in [1.82, 2.24) is 5.32 Å². The largest absolute Gasteiger partial charge is 0.489 e. The number of aryl methyl sites for hydroxylation is 1. The molecular formula is C26H25ClFNO. The second-order valence-corrected chi connectivity index (χ2v) is 7.27. The van der Waals surface area contributed by atoms with Crippen molar-refractivity contribution in [2.45, 2.75) is 26.6 Å². The number of halogens is 2. The van der Waals surface area contributed by atoms with Crippen molar-refractivity contribution in [3.63, 3.8) is 0 Å². The van der Waals surface area contributed by atoms with E-state index < -0.39 is 0 Å². The predicted octanol–water partition coefficient (Wildman–Crippen LogP) is 6.58. The van der Waals surface area contributed by atoms with Crippen LogP contribution in [-0.2, 0) is 19.7 Å². The Labute approximate surface area is 183 Å². The van der Waals surface area contributed by atoms with E-state index in [1.165, 1.54) is 28.5 Å². The Morgan fingerprint density at radius 1 is 0.767 bits per heavy atom. The summed E-state index contributed by atoms with van der Waals surface area (Å²) in [4.78, 5) is 0. The SMILES string of the molecule is Cc1ccc(COc2ccc3ccccc3c2CNCc2ccc(F)cc2)cc1.Cl. The molecule has 0 atom stereocenters. The normalized spacial score (nSPS) is 10.6. The molecule has 2 nitrogen and oxygen atoms in total. The molecule has 0 aromatic heterocycles. The van der Waals surface area contributed by atoms with Gasteiger partial charge in [0.15, 0.2) is 0 Å². The fourth-order valence-corrected chi connectivity index (χ4v) is 3.41. The van der Waals surface area contributed by atoms with Crippen LogP contribution >= 0.6 is 12.4 Å². The standard InChI is InChI=1S/C26H24FNO.ClH/c1-19-6-8-21(9-7-19)18-29-26-15-12-22-4-2-3-5-24(22)25(26)17-28-16-20-10-13-23(27)14-11-20;/h2-15,28H,16-18H2,1H3;1H. The Morgan fingerprint density at radius 2 is 1.47 bits per heavy atom. The molecule has 1 N–H and O–H groups in total. The van der Waals surface area contributed by atoms with E-state index in [9.17, 15) is 4.39 Å². The van der Waals surface area contributed by atoms with Gasteiger partial charge in [-0.05, 0) is 47.0 Å². The van der Waals surface area contributed by atoms with Crippen LogP contribution in [0.25, 0.3) is 10.8 Å². The maximum atomic E-state index is 13.1. The molecule has 0 amide bonds. The van der Waals surface area contributed by atoms with Crippen LogP contribution in [0.15, 0.2) is 84.9 Å². The summed E-state index contributed by atoms with van der Waals surface area (Å²) < 4.78 is 19.3. The molecule has 0 aliphatic carbocycles. The minimum absolute atomic E-state index is 0. The highest BCUT2D eigenvalue weighted by atomic mass is 35.5. The fourth-order valence-electron chi connectivity index (χ4n) is 3.41. The number of hydrogen-bond donors (Lipinski definition) is 1. The highest BCUT2D eigenvalue weighted by molar-refractivity contribution is 5.87. The summed E-state index contributed by atoms with van der Waals surface area (Å²) in [6.45, 7) is 3.95. The second kappa shape index (κ2) is 10.2. The molecule has 4 aromatic carbocycles. The number of ether oxygens (including phenoxy) is 1. The molecule has 4 rings (SSSR count). The Hall–Kier alpha value is -2.88. The number of nitrogens with one attached hydrogen (secondary N) is 1. The van der Waals surface area contributed by atoms with Gasteiger partial charge in [0.25, 0.3) is 0 Å². The van der Waals surface area contributed by atoms with Crippen molar-refractivity contribution in [3.05, 3.63) is 113 Å². The van der Waals surface area contributed by atoms with Crippen molar-refractivity contribution >= 4 is 23.2 Å². The van der Waals surface area contributed by atoms with Gasteiger partial charge in [-0.2, -0.15) is 0 Å². The van der Waals surface area contributed by atoms with Crippen molar-refractivity contribution < 1.29 is 9.13 Å². The topological polar surface area (TPSA) is 21.3 Å².